The number of benzene rings is 1. The Bertz CT molecular complexity index is 545. The Labute approximate surface area is 114 Å². The van der Waals surface area contributed by atoms with Crippen molar-refractivity contribution in [3.8, 4) is 0 Å². The van der Waals surface area contributed by atoms with Gasteiger partial charge in [0.05, 0.1) is 11.3 Å². The number of hydrogen-bond donors (Lipinski definition) is 3. The van der Waals surface area contributed by atoms with Crippen LogP contribution in [0.25, 0.3) is 0 Å². The second-order valence-electron chi connectivity index (χ2n) is 3.71. The molecule has 1 aromatic rings. The van der Waals surface area contributed by atoms with Gasteiger partial charge in [0, 0.05) is 16.7 Å². The molecule has 1 rings (SSSR count). The van der Waals surface area contributed by atoms with Crippen molar-refractivity contribution < 1.29 is 13.2 Å². The fourth-order valence-electron chi connectivity index (χ4n) is 1.30. The Morgan fingerprint density at radius 3 is 2.67 bits per heavy atom. The molecule has 0 saturated carbocycles. The predicted molar refractivity (Wildman–Crippen MR) is 73.5 cm³/mol. The molecule has 18 heavy (non-hydrogen) atoms. The number of nitrogens with two attached hydrogens (primary N) is 2. The number of amides is 1. The quantitative estimate of drug-likeness (QED) is 0.534. The van der Waals surface area contributed by atoms with Crippen LogP contribution in [-0.4, -0.2) is 26.6 Å². The van der Waals surface area contributed by atoms with Crippen LogP contribution in [-0.2, 0) is 10.0 Å². The molecule has 0 aliphatic heterocycles. The lowest BCUT2D eigenvalue weighted by Gasteiger charge is -2.07. The van der Waals surface area contributed by atoms with Crippen molar-refractivity contribution in [1.29, 1.82) is 0 Å². The summed E-state index contributed by atoms with van der Waals surface area (Å²) in [5, 5.41) is 7.42. The minimum absolute atomic E-state index is 0.165. The largest absolute Gasteiger partial charge is 0.398 e. The normalized spacial score (nSPS) is 11.2. The van der Waals surface area contributed by atoms with E-state index >= 15 is 0 Å². The first kappa shape index (κ1) is 14.9. The number of sulfonamides is 1. The summed E-state index contributed by atoms with van der Waals surface area (Å²) < 4.78 is 22.1. The Balaban J connectivity index is 2.53. The number of rotatable bonds is 5. The summed E-state index contributed by atoms with van der Waals surface area (Å²) in [6.45, 7) is 0.223. The highest BCUT2D eigenvalue weighted by atomic mass is 79.9. The van der Waals surface area contributed by atoms with Gasteiger partial charge in [0.15, 0.2) is 0 Å². The van der Waals surface area contributed by atoms with Crippen molar-refractivity contribution in [1.82, 2.24) is 5.32 Å². The molecule has 0 heterocycles. The Morgan fingerprint density at radius 1 is 1.39 bits per heavy atom. The van der Waals surface area contributed by atoms with Gasteiger partial charge in [0.25, 0.3) is 5.91 Å². The number of nitrogen functional groups attached to an aromatic ring is 1. The van der Waals surface area contributed by atoms with E-state index in [9.17, 15) is 13.2 Å². The number of carbonyl (C=O) groups excluding carboxylic acids is 1. The van der Waals surface area contributed by atoms with Gasteiger partial charge in [-0.3, -0.25) is 4.79 Å². The van der Waals surface area contributed by atoms with E-state index in [0.29, 0.717) is 11.3 Å². The van der Waals surface area contributed by atoms with E-state index in [0.717, 1.165) is 4.47 Å². The molecule has 6 nitrogen and oxygen atoms in total. The van der Waals surface area contributed by atoms with Gasteiger partial charge in [-0.15, -0.1) is 0 Å². The summed E-state index contributed by atoms with van der Waals surface area (Å²) in [6, 6.07) is 4.95. The summed E-state index contributed by atoms with van der Waals surface area (Å²) in [4.78, 5) is 11.7. The second-order valence-corrected chi connectivity index (χ2v) is 6.36. The Morgan fingerprint density at radius 2 is 2.06 bits per heavy atom. The minimum atomic E-state index is -3.49. The average Bonchev–Trinajstić information content (AvgIpc) is 2.26. The Kier molecular flexibility index (Phi) is 5.12. The highest BCUT2D eigenvalue weighted by molar-refractivity contribution is 9.10. The van der Waals surface area contributed by atoms with Crippen molar-refractivity contribution in [2.75, 3.05) is 18.0 Å². The molecule has 0 radical (unpaired) electrons. The van der Waals surface area contributed by atoms with Crippen LogP contribution in [0.4, 0.5) is 5.69 Å². The maximum absolute atomic E-state index is 11.7. The third-order valence-electron chi connectivity index (χ3n) is 2.15. The van der Waals surface area contributed by atoms with Crippen LogP contribution < -0.4 is 16.2 Å². The number of nitrogens with one attached hydrogen (secondary N) is 1. The molecule has 0 aromatic heterocycles. The van der Waals surface area contributed by atoms with Gasteiger partial charge in [0.2, 0.25) is 10.0 Å². The number of halogens is 1. The third kappa shape index (κ3) is 5.03. The molecular formula is C10H14BrN3O3S. The van der Waals surface area contributed by atoms with Crippen molar-refractivity contribution >= 4 is 37.5 Å². The van der Waals surface area contributed by atoms with Crippen molar-refractivity contribution in [3.63, 3.8) is 0 Å². The van der Waals surface area contributed by atoms with Crippen LogP contribution >= 0.6 is 15.9 Å². The summed E-state index contributed by atoms with van der Waals surface area (Å²) in [5.74, 6) is -0.510. The number of carbonyl (C=O) groups is 1. The van der Waals surface area contributed by atoms with E-state index < -0.39 is 10.0 Å². The van der Waals surface area contributed by atoms with Gasteiger partial charge >= 0.3 is 0 Å². The molecule has 100 valence electrons. The van der Waals surface area contributed by atoms with E-state index in [-0.39, 0.29) is 24.6 Å². The first-order valence-electron chi connectivity index (χ1n) is 5.13. The first-order chi connectivity index (χ1) is 8.29. The fourth-order valence-corrected chi connectivity index (χ4v) is 2.20. The molecule has 8 heteroatoms. The van der Waals surface area contributed by atoms with Crippen molar-refractivity contribution in [2.24, 2.45) is 5.14 Å². The average molecular weight is 336 g/mol. The van der Waals surface area contributed by atoms with E-state index in [1.807, 2.05) is 0 Å². The highest BCUT2D eigenvalue weighted by Gasteiger charge is 2.10. The highest BCUT2D eigenvalue weighted by Crippen LogP contribution is 2.18. The van der Waals surface area contributed by atoms with Gasteiger partial charge in [-0.05, 0) is 24.6 Å². The Hall–Kier alpha value is -1.12. The lowest BCUT2D eigenvalue weighted by molar-refractivity contribution is 0.0954. The number of hydrogen-bond acceptors (Lipinski definition) is 4. The van der Waals surface area contributed by atoms with Gasteiger partial charge in [-0.25, -0.2) is 13.6 Å². The van der Waals surface area contributed by atoms with Crippen molar-refractivity contribution in [2.45, 2.75) is 6.42 Å². The lowest BCUT2D eigenvalue weighted by Crippen LogP contribution is -2.27. The zero-order valence-corrected chi connectivity index (χ0v) is 11.9. The maximum Gasteiger partial charge on any atom is 0.253 e. The standard InChI is InChI=1S/C10H14BrN3O3S/c11-7-2-3-9(12)8(6-7)10(15)14-4-1-5-18(13,16)17/h2-3,6H,1,4-5,12H2,(H,14,15)(H2,13,16,17). The molecule has 0 aliphatic carbocycles. The minimum Gasteiger partial charge on any atom is -0.398 e. The van der Waals surface area contributed by atoms with Gasteiger partial charge < -0.3 is 11.1 Å². The number of anilines is 1. The van der Waals surface area contributed by atoms with Gasteiger partial charge in [-0.2, -0.15) is 0 Å². The van der Waals surface area contributed by atoms with E-state index in [2.05, 4.69) is 21.2 Å². The molecule has 5 N–H and O–H groups in total. The molecule has 0 bridgehead atoms. The molecule has 0 fully saturated rings. The van der Waals surface area contributed by atoms with Crippen LogP contribution in [0, 0.1) is 0 Å². The van der Waals surface area contributed by atoms with Gasteiger partial charge in [-0.1, -0.05) is 15.9 Å². The topological polar surface area (TPSA) is 115 Å². The molecule has 1 amide bonds. The number of primary sulfonamides is 1. The first-order valence-corrected chi connectivity index (χ1v) is 7.64. The molecule has 0 aliphatic rings. The summed E-state index contributed by atoms with van der Waals surface area (Å²) in [5.41, 5.74) is 6.38. The molecule has 0 atom stereocenters. The zero-order chi connectivity index (χ0) is 13.8. The molecule has 0 saturated heterocycles. The predicted octanol–water partition coefficient (Wildman–Crippen LogP) is 0.440. The monoisotopic (exact) mass is 335 g/mol. The summed E-state index contributed by atoms with van der Waals surface area (Å²) in [7, 11) is -3.49. The van der Waals surface area contributed by atoms with Crippen LogP contribution in [0.3, 0.4) is 0 Å². The van der Waals surface area contributed by atoms with E-state index in [1.54, 1.807) is 18.2 Å². The van der Waals surface area contributed by atoms with E-state index in [1.165, 1.54) is 0 Å². The van der Waals surface area contributed by atoms with Crippen LogP contribution in [0.2, 0.25) is 0 Å². The molecular weight excluding hydrogens is 322 g/mol. The SMILES string of the molecule is Nc1ccc(Br)cc1C(=O)NCCCS(N)(=O)=O. The maximum atomic E-state index is 11.7. The van der Waals surface area contributed by atoms with E-state index in [4.69, 9.17) is 10.9 Å². The smallest absolute Gasteiger partial charge is 0.253 e. The van der Waals surface area contributed by atoms with Crippen LogP contribution in [0.5, 0.6) is 0 Å². The van der Waals surface area contributed by atoms with Crippen molar-refractivity contribution in [3.05, 3.63) is 28.2 Å². The lowest BCUT2D eigenvalue weighted by atomic mass is 10.1. The van der Waals surface area contributed by atoms with Crippen LogP contribution in [0.1, 0.15) is 16.8 Å². The summed E-state index contributed by atoms with van der Waals surface area (Å²) >= 11 is 3.24. The second kappa shape index (κ2) is 6.17. The molecule has 1 aromatic carbocycles. The summed E-state index contributed by atoms with van der Waals surface area (Å²) in [6.07, 6.45) is 0.262. The molecule has 0 unspecified atom stereocenters. The third-order valence-corrected chi connectivity index (χ3v) is 3.50. The van der Waals surface area contributed by atoms with Gasteiger partial charge in [0.1, 0.15) is 0 Å². The van der Waals surface area contributed by atoms with Crippen LogP contribution in [0.15, 0.2) is 22.7 Å². The zero-order valence-electron chi connectivity index (χ0n) is 9.52. The molecule has 0 spiro atoms. The fraction of sp³-hybridized carbons (Fsp3) is 0.300.